The molecule has 0 saturated carbocycles. The summed E-state index contributed by atoms with van der Waals surface area (Å²) in [6.45, 7) is 4.35. The molecule has 1 aromatic rings. The molecular formula is C14H23N3O2. The zero-order valence-electron chi connectivity index (χ0n) is 11.5. The van der Waals surface area contributed by atoms with E-state index in [0.29, 0.717) is 6.61 Å². The topological polar surface area (TPSA) is 71.6 Å². The van der Waals surface area contributed by atoms with E-state index in [1.54, 1.807) is 0 Å². The highest BCUT2D eigenvalue weighted by atomic mass is 16.5. The van der Waals surface area contributed by atoms with Crippen molar-refractivity contribution in [3.63, 3.8) is 0 Å². The van der Waals surface area contributed by atoms with Crippen molar-refractivity contribution in [2.45, 2.75) is 31.9 Å². The number of pyridine rings is 1. The van der Waals surface area contributed by atoms with Crippen LogP contribution in [0, 0.1) is 0 Å². The van der Waals surface area contributed by atoms with E-state index in [-0.39, 0.29) is 18.8 Å². The standard InChI is InChI=1S/C14H23N3O2/c1-11(15)13-3-2-6-16-14(13)17-7-4-12(5-8-17)19-10-9-18/h2-3,6,11-12,18H,4-5,7-10,15H2,1H3. The minimum absolute atomic E-state index is 0.00735. The van der Waals surface area contributed by atoms with E-state index in [2.05, 4.69) is 9.88 Å². The largest absolute Gasteiger partial charge is 0.394 e. The number of nitrogens with two attached hydrogens (primary N) is 1. The molecule has 0 spiro atoms. The van der Waals surface area contributed by atoms with Crippen molar-refractivity contribution in [3.05, 3.63) is 23.9 Å². The predicted octanol–water partition coefficient (Wildman–Crippen LogP) is 1.08. The lowest BCUT2D eigenvalue weighted by Crippen LogP contribution is -2.38. The molecule has 2 rings (SSSR count). The molecule has 1 aromatic heterocycles. The van der Waals surface area contributed by atoms with E-state index >= 15 is 0 Å². The summed E-state index contributed by atoms with van der Waals surface area (Å²) in [5.74, 6) is 0.998. The van der Waals surface area contributed by atoms with Crippen molar-refractivity contribution in [1.82, 2.24) is 4.98 Å². The summed E-state index contributed by atoms with van der Waals surface area (Å²) in [6, 6.07) is 3.97. The number of hydrogen-bond donors (Lipinski definition) is 2. The van der Waals surface area contributed by atoms with Crippen LogP contribution < -0.4 is 10.6 Å². The molecule has 1 atom stereocenters. The number of anilines is 1. The van der Waals surface area contributed by atoms with Crippen molar-refractivity contribution in [2.75, 3.05) is 31.2 Å². The quantitative estimate of drug-likeness (QED) is 0.833. The third kappa shape index (κ3) is 3.65. The molecular weight excluding hydrogens is 242 g/mol. The van der Waals surface area contributed by atoms with Crippen molar-refractivity contribution in [1.29, 1.82) is 0 Å². The second-order valence-electron chi connectivity index (χ2n) is 4.99. The summed E-state index contributed by atoms with van der Waals surface area (Å²) < 4.78 is 5.57. The Kier molecular flexibility index (Phi) is 5.13. The molecule has 5 heteroatoms. The second-order valence-corrected chi connectivity index (χ2v) is 4.99. The molecule has 1 unspecified atom stereocenters. The van der Waals surface area contributed by atoms with Gasteiger partial charge in [0.2, 0.25) is 0 Å². The van der Waals surface area contributed by atoms with Crippen molar-refractivity contribution < 1.29 is 9.84 Å². The molecule has 19 heavy (non-hydrogen) atoms. The fraction of sp³-hybridized carbons (Fsp3) is 0.643. The summed E-state index contributed by atoms with van der Waals surface area (Å²) >= 11 is 0. The van der Waals surface area contributed by atoms with Gasteiger partial charge in [-0.05, 0) is 25.8 Å². The first-order valence-electron chi connectivity index (χ1n) is 6.90. The van der Waals surface area contributed by atoms with E-state index in [1.807, 2.05) is 25.3 Å². The molecule has 0 bridgehead atoms. The number of ether oxygens (including phenoxy) is 1. The van der Waals surface area contributed by atoms with E-state index in [0.717, 1.165) is 37.3 Å². The van der Waals surface area contributed by atoms with E-state index in [4.69, 9.17) is 15.6 Å². The van der Waals surface area contributed by atoms with Crippen LogP contribution in [0.5, 0.6) is 0 Å². The van der Waals surface area contributed by atoms with Crippen LogP contribution in [0.15, 0.2) is 18.3 Å². The third-order valence-electron chi connectivity index (χ3n) is 3.49. The Hall–Kier alpha value is -1.17. The molecule has 5 nitrogen and oxygen atoms in total. The fourth-order valence-corrected chi connectivity index (χ4v) is 2.48. The summed E-state index contributed by atoms with van der Waals surface area (Å²) in [4.78, 5) is 6.75. The molecule has 106 valence electrons. The van der Waals surface area contributed by atoms with Gasteiger partial charge in [0.1, 0.15) is 5.82 Å². The van der Waals surface area contributed by atoms with Crippen LogP contribution in [0.1, 0.15) is 31.4 Å². The smallest absolute Gasteiger partial charge is 0.133 e. The van der Waals surface area contributed by atoms with E-state index in [1.165, 1.54) is 0 Å². The van der Waals surface area contributed by atoms with Gasteiger partial charge < -0.3 is 20.5 Å². The Balaban J connectivity index is 1.98. The minimum Gasteiger partial charge on any atom is -0.394 e. The zero-order valence-corrected chi connectivity index (χ0v) is 11.5. The van der Waals surface area contributed by atoms with E-state index < -0.39 is 0 Å². The maximum atomic E-state index is 8.77. The molecule has 2 heterocycles. The first-order valence-corrected chi connectivity index (χ1v) is 6.90. The molecule has 0 amide bonds. The first-order chi connectivity index (χ1) is 9.22. The highest BCUT2D eigenvalue weighted by Gasteiger charge is 2.22. The number of aromatic nitrogens is 1. The van der Waals surface area contributed by atoms with Gasteiger partial charge >= 0.3 is 0 Å². The average molecular weight is 265 g/mol. The summed E-state index contributed by atoms with van der Waals surface area (Å²) in [5.41, 5.74) is 7.09. The van der Waals surface area contributed by atoms with E-state index in [9.17, 15) is 0 Å². The van der Waals surface area contributed by atoms with Crippen LogP contribution in [0.2, 0.25) is 0 Å². The maximum absolute atomic E-state index is 8.77. The number of nitrogens with zero attached hydrogens (tertiary/aromatic N) is 2. The number of hydrogen-bond acceptors (Lipinski definition) is 5. The zero-order chi connectivity index (χ0) is 13.7. The molecule has 1 saturated heterocycles. The number of aliphatic hydroxyl groups is 1. The van der Waals surface area contributed by atoms with Crippen LogP contribution in [0.3, 0.4) is 0 Å². The monoisotopic (exact) mass is 265 g/mol. The van der Waals surface area contributed by atoms with Gasteiger partial charge in [0.25, 0.3) is 0 Å². The Labute approximate surface area is 114 Å². The molecule has 0 aliphatic carbocycles. The molecule has 1 aliphatic rings. The van der Waals surface area contributed by atoms with Crippen LogP contribution in [0.4, 0.5) is 5.82 Å². The van der Waals surface area contributed by atoms with Crippen molar-refractivity contribution >= 4 is 5.82 Å². The fourth-order valence-electron chi connectivity index (χ4n) is 2.48. The van der Waals surface area contributed by atoms with Gasteiger partial charge in [-0.3, -0.25) is 0 Å². The lowest BCUT2D eigenvalue weighted by molar-refractivity contribution is 0.0158. The summed E-state index contributed by atoms with van der Waals surface area (Å²) in [6.07, 6.45) is 4.00. The molecule has 1 aliphatic heterocycles. The molecule has 0 aromatic carbocycles. The van der Waals surface area contributed by atoms with Crippen LogP contribution in [-0.2, 0) is 4.74 Å². The average Bonchev–Trinajstić information content (AvgIpc) is 2.45. The Morgan fingerprint density at radius 3 is 2.89 bits per heavy atom. The van der Waals surface area contributed by atoms with Crippen LogP contribution >= 0.6 is 0 Å². The highest BCUT2D eigenvalue weighted by Crippen LogP contribution is 2.25. The first kappa shape index (κ1) is 14.2. The maximum Gasteiger partial charge on any atom is 0.133 e. The van der Waals surface area contributed by atoms with Gasteiger partial charge in [-0.25, -0.2) is 4.98 Å². The number of rotatable bonds is 5. The summed E-state index contributed by atoms with van der Waals surface area (Å²) in [7, 11) is 0. The normalized spacial score (nSPS) is 18.6. The Morgan fingerprint density at radius 1 is 1.53 bits per heavy atom. The highest BCUT2D eigenvalue weighted by molar-refractivity contribution is 5.48. The Morgan fingerprint density at radius 2 is 2.26 bits per heavy atom. The van der Waals surface area contributed by atoms with Gasteiger partial charge in [0.15, 0.2) is 0 Å². The Bertz CT molecular complexity index is 390. The minimum atomic E-state index is -0.00735. The molecule has 1 fully saturated rings. The van der Waals surface area contributed by atoms with Gasteiger partial charge in [-0.15, -0.1) is 0 Å². The van der Waals surface area contributed by atoms with Crippen molar-refractivity contribution in [3.8, 4) is 0 Å². The molecule has 0 radical (unpaired) electrons. The number of piperidine rings is 1. The van der Waals surface area contributed by atoms with Gasteiger partial charge in [-0.2, -0.15) is 0 Å². The lowest BCUT2D eigenvalue weighted by atomic mass is 10.1. The van der Waals surface area contributed by atoms with Crippen LogP contribution in [0.25, 0.3) is 0 Å². The van der Waals surface area contributed by atoms with Crippen molar-refractivity contribution in [2.24, 2.45) is 5.73 Å². The number of aliphatic hydroxyl groups excluding tert-OH is 1. The predicted molar refractivity (Wildman–Crippen MR) is 75.1 cm³/mol. The summed E-state index contributed by atoms with van der Waals surface area (Å²) in [5, 5.41) is 8.77. The van der Waals surface area contributed by atoms with Crippen LogP contribution in [-0.4, -0.2) is 42.5 Å². The van der Waals surface area contributed by atoms with Gasteiger partial charge in [0.05, 0.1) is 19.3 Å². The third-order valence-corrected chi connectivity index (χ3v) is 3.49. The molecule has 3 N–H and O–H groups in total. The van der Waals surface area contributed by atoms with Gasteiger partial charge in [-0.1, -0.05) is 6.07 Å². The SMILES string of the molecule is CC(N)c1cccnc1N1CCC(OCCO)CC1. The lowest BCUT2D eigenvalue weighted by Gasteiger charge is -2.34. The van der Waals surface area contributed by atoms with Gasteiger partial charge in [0, 0.05) is 30.9 Å². The second kappa shape index (κ2) is 6.84.